The highest BCUT2D eigenvalue weighted by Crippen LogP contribution is 2.32. The molecule has 0 aliphatic carbocycles. The van der Waals surface area contributed by atoms with E-state index in [1.165, 1.54) is 18.2 Å². The Bertz CT molecular complexity index is 816. The molecule has 0 amide bonds. The van der Waals surface area contributed by atoms with Crippen molar-refractivity contribution >= 4 is 31.6 Å². The lowest BCUT2D eigenvalue weighted by atomic mass is 10.2. The lowest BCUT2D eigenvalue weighted by molar-refractivity contribution is -0.137. The SMILES string of the molecule is C=CCN(c1ccc(C(F)(F)F)cc1)S(=O)(=O)c1ccc(Br)cc1. The van der Waals surface area contributed by atoms with Gasteiger partial charge in [0.15, 0.2) is 0 Å². The number of anilines is 1. The molecule has 0 aliphatic rings. The van der Waals surface area contributed by atoms with Crippen LogP contribution in [-0.2, 0) is 16.2 Å². The second kappa shape index (κ2) is 6.98. The van der Waals surface area contributed by atoms with E-state index in [4.69, 9.17) is 0 Å². The molecule has 0 saturated carbocycles. The second-order valence-corrected chi connectivity index (χ2v) is 7.60. The third-order valence-electron chi connectivity index (χ3n) is 3.18. The predicted molar refractivity (Wildman–Crippen MR) is 90.3 cm³/mol. The lowest BCUT2D eigenvalue weighted by Crippen LogP contribution is -2.31. The molecule has 0 radical (unpaired) electrons. The maximum atomic E-state index is 12.8. The molecule has 2 rings (SSSR count). The number of sulfonamides is 1. The standard InChI is InChI=1S/C16H13BrF3NO2S/c1-2-11-21(14-7-3-12(4-8-14)16(18,19)20)24(22,23)15-9-5-13(17)6-10-15/h2-10H,1,11H2. The topological polar surface area (TPSA) is 37.4 Å². The molecule has 0 aliphatic heterocycles. The monoisotopic (exact) mass is 419 g/mol. The summed E-state index contributed by atoms with van der Waals surface area (Å²) in [6.45, 7) is 3.44. The number of alkyl halides is 3. The number of rotatable bonds is 5. The molecular formula is C16H13BrF3NO2S. The summed E-state index contributed by atoms with van der Waals surface area (Å²) in [6, 6.07) is 9.94. The smallest absolute Gasteiger partial charge is 0.263 e. The molecule has 2 aromatic rings. The fourth-order valence-corrected chi connectivity index (χ4v) is 3.71. The van der Waals surface area contributed by atoms with Crippen molar-refractivity contribution in [2.45, 2.75) is 11.1 Å². The van der Waals surface area contributed by atoms with Crippen molar-refractivity contribution in [1.29, 1.82) is 0 Å². The molecule has 8 heteroatoms. The van der Waals surface area contributed by atoms with Gasteiger partial charge in [-0.1, -0.05) is 22.0 Å². The van der Waals surface area contributed by atoms with E-state index in [1.54, 1.807) is 12.1 Å². The van der Waals surface area contributed by atoms with Crippen LogP contribution in [0.5, 0.6) is 0 Å². The first-order chi connectivity index (χ1) is 11.2. The molecule has 0 spiro atoms. The zero-order chi connectivity index (χ0) is 18.0. The van der Waals surface area contributed by atoms with Gasteiger partial charge in [0.25, 0.3) is 10.0 Å². The summed E-state index contributed by atoms with van der Waals surface area (Å²) in [6.07, 6.45) is -3.11. The Balaban J connectivity index is 2.45. The average molecular weight is 420 g/mol. The van der Waals surface area contributed by atoms with Crippen LogP contribution >= 0.6 is 15.9 Å². The van der Waals surface area contributed by atoms with Crippen LogP contribution < -0.4 is 4.31 Å². The van der Waals surface area contributed by atoms with Crippen molar-refractivity contribution in [2.24, 2.45) is 0 Å². The van der Waals surface area contributed by atoms with Crippen LogP contribution in [0.3, 0.4) is 0 Å². The van der Waals surface area contributed by atoms with E-state index in [1.807, 2.05) is 0 Å². The van der Waals surface area contributed by atoms with Gasteiger partial charge in [-0.15, -0.1) is 6.58 Å². The van der Waals surface area contributed by atoms with Gasteiger partial charge in [-0.05, 0) is 48.5 Å². The molecule has 2 aromatic carbocycles. The fraction of sp³-hybridized carbons (Fsp3) is 0.125. The van der Waals surface area contributed by atoms with E-state index in [0.717, 1.165) is 28.6 Å². The fourth-order valence-electron chi connectivity index (χ4n) is 2.01. The van der Waals surface area contributed by atoms with Crippen LogP contribution in [0, 0.1) is 0 Å². The Morgan fingerprint density at radius 2 is 1.58 bits per heavy atom. The van der Waals surface area contributed by atoms with Gasteiger partial charge in [0.2, 0.25) is 0 Å². The summed E-state index contributed by atoms with van der Waals surface area (Å²) in [5.74, 6) is 0. The van der Waals surface area contributed by atoms with Gasteiger partial charge in [0, 0.05) is 4.47 Å². The van der Waals surface area contributed by atoms with Crippen molar-refractivity contribution in [3.63, 3.8) is 0 Å². The Labute approximate surface area is 146 Å². The molecular weight excluding hydrogens is 407 g/mol. The first-order valence-corrected chi connectivity index (χ1v) is 8.96. The number of hydrogen-bond donors (Lipinski definition) is 0. The van der Waals surface area contributed by atoms with E-state index < -0.39 is 21.8 Å². The van der Waals surface area contributed by atoms with Gasteiger partial charge in [-0.3, -0.25) is 4.31 Å². The van der Waals surface area contributed by atoms with Crippen LogP contribution in [0.2, 0.25) is 0 Å². The van der Waals surface area contributed by atoms with Crippen molar-refractivity contribution in [3.05, 3.63) is 71.2 Å². The van der Waals surface area contributed by atoms with E-state index >= 15 is 0 Å². The normalized spacial score (nSPS) is 12.0. The van der Waals surface area contributed by atoms with Crippen molar-refractivity contribution in [1.82, 2.24) is 0 Å². The largest absolute Gasteiger partial charge is 0.416 e. The van der Waals surface area contributed by atoms with Crippen LogP contribution in [0.4, 0.5) is 18.9 Å². The molecule has 0 unspecified atom stereocenters. The molecule has 0 atom stereocenters. The quantitative estimate of drug-likeness (QED) is 0.649. The zero-order valence-electron chi connectivity index (χ0n) is 12.3. The minimum absolute atomic E-state index is 0.0347. The summed E-state index contributed by atoms with van der Waals surface area (Å²) < 4.78 is 65.2. The van der Waals surface area contributed by atoms with Crippen LogP contribution in [0.25, 0.3) is 0 Å². The van der Waals surface area contributed by atoms with Gasteiger partial charge in [0.05, 0.1) is 22.7 Å². The summed E-state index contributed by atoms with van der Waals surface area (Å²) >= 11 is 3.22. The third kappa shape index (κ3) is 3.99. The van der Waals surface area contributed by atoms with Crippen LogP contribution in [0.15, 0.2) is 70.6 Å². The molecule has 0 fully saturated rings. The molecule has 0 saturated heterocycles. The average Bonchev–Trinajstić information content (AvgIpc) is 2.52. The van der Waals surface area contributed by atoms with E-state index in [2.05, 4.69) is 22.5 Å². The van der Waals surface area contributed by atoms with Crippen molar-refractivity contribution in [2.75, 3.05) is 10.8 Å². The summed E-state index contributed by atoms with van der Waals surface area (Å²) in [5, 5.41) is 0. The first kappa shape index (κ1) is 18.5. The van der Waals surface area contributed by atoms with E-state index in [0.29, 0.717) is 4.47 Å². The Hall–Kier alpha value is -1.80. The van der Waals surface area contributed by atoms with Gasteiger partial charge in [-0.25, -0.2) is 8.42 Å². The summed E-state index contributed by atoms with van der Waals surface area (Å²) in [5.41, 5.74) is -0.711. The Kier molecular flexibility index (Phi) is 5.39. The molecule has 24 heavy (non-hydrogen) atoms. The maximum Gasteiger partial charge on any atom is 0.416 e. The van der Waals surface area contributed by atoms with Gasteiger partial charge >= 0.3 is 6.18 Å². The highest BCUT2D eigenvalue weighted by Gasteiger charge is 2.31. The van der Waals surface area contributed by atoms with E-state index in [9.17, 15) is 21.6 Å². The summed E-state index contributed by atoms with van der Waals surface area (Å²) in [4.78, 5) is 0.0347. The molecule has 0 N–H and O–H groups in total. The Morgan fingerprint density at radius 3 is 2.04 bits per heavy atom. The summed E-state index contributed by atoms with van der Waals surface area (Å²) in [7, 11) is -3.92. The van der Waals surface area contributed by atoms with Crippen LogP contribution in [-0.4, -0.2) is 15.0 Å². The zero-order valence-corrected chi connectivity index (χ0v) is 14.7. The molecule has 0 aromatic heterocycles. The third-order valence-corrected chi connectivity index (χ3v) is 5.52. The number of benzene rings is 2. The minimum atomic E-state index is -4.48. The lowest BCUT2D eigenvalue weighted by Gasteiger charge is -2.23. The highest BCUT2D eigenvalue weighted by molar-refractivity contribution is 9.10. The Morgan fingerprint density at radius 1 is 1.04 bits per heavy atom. The van der Waals surface area contributed by atoms with Crippen LogP contribution in [0.1, 0.15) is 5.56 Å². The molecule has 128 valence electrons. The second-order valence-electron chi connectivity index (χ2n) is 4.82. The predicted octanol–water partition coefficient (Wildman–Crippen LogP) is 4.85. The van der Waals surface area contributed by atoms with Gasteiger partial charge < -0.3 is 0 Å². The van der Waals surface area contributed by atoms with E-state index in [-0.39, 0.29) is 17.1 Å². The molecule has 3 nitrogen and oxygen atoms in total. The van der Waals surface area contributed by atoms with Crippen molar-refractivity contribution in [3.8, 4) is 0 Å². The number of halogens is 4. The number of hydrogen-bond acceptors (Lipinski definition) is 2. The van der Waals surface area contributed by atoms with Crippen molar-refractivity contribution < 1.29 is 21.6 Å². The minimum Gasteiger partial charge on any atom is -0.263 e. The number of nitrogens with zero attached hydrogens (tertiary/aromatic N) is 1. The van der Waals surface area contributed by atoms with Gasteiger partial charge in [-0.2, -0.15) is 13.2 Å². The molecule has 0 heterocycles. The van der Waals surface area contributed by atoms with Gasteiger partial charge in [0.1, 0.15) is 0 Å². The maximum absolute atomic E-state index is 12.8. The first-order valence-electron chi connectivity index (χ1n) is 6.73. The highest BCUT2D eigenvalue weighted by atomic mass is 79.9. The molecule has 0 bridgehead atoms.